The van der Waals surface area contributed by atoms with Gasteiger partial charge in [0.15, 0.2) is 0 Å². The number of hydrogen-bond donors (Lipinski definition) is 1. The van der Waals surface area contributed by atoms with Gasteiger partial charge in [0, 0.05) is 12.6 Å². The molecule has 4 heteroatoms. The number of likely N-dealkylation sites (tertiary alicyclic amines) is 1. The van der Waals surface area contributed by atoms with Gasteiger partial charge in [-0.3, -0.25) is 4.79 Å². The molecule has 1 aliphatic rings. The van der Waals surface area contributed by atoms with Crippen molar-refractivity contribution in [2.45, 2.75) is 51.2 Å². The zero-order valence-corrected chi connectivity index (χ0v) is 12.9. The predicted molar refractivity (Wildman–Crippen MR) is 82.3 cm³/mol. The molecule has 1 N–H and O–H groups in total. The molecule has 0 aromatic heterocycles. The second-order valence-corrected chi connectivity index (χ2v) is 5.85. The van der Waals surface area contributed by atoms with Crippen molar-refractivity contribution in [1.82, 2.24) is 4.90 Å². The van der Waals surface area contributed by atoms with Gasteiger partial charge in [-0.25, -0.2) is 0 Å². The lowest BCUT2D eigenvalue weighted by atomic mass is 9.96. The van der Waals surface area contributed by atoms with E-state index in [1.807, 2.05) is 29.2 Å². The van der Waals surface area contributed by atoms with Crippen LogP contribution < -0.4 is 4.74 Å². The van der Waals surface area contributed by atoms with Crippen LogP contribution in [0.1, 0.15) is 38.2 Å². The summed E-state index contributed by atoms with van der Waals surface area (Å²) in [4.78, 5) is 14.5. The molecule has 2 rings (SSSR count). The van der Waals surface area contributed by atoms with Crippen LogP contribution in [0.2, 0.25) is 0 Å². The summed E-state index contributed by atoms with van der Waals surface area (Å²) in [6.45, 7) is 2.60. The molecule has 0 radical (unpaired) electrons. The van der Waals surface area contributed by atoms with E-state index in [1.54, 1.807) is 14.0 Å². The molecule has 0 saturated carbocycles. The van der Waals surface area contributed by atoms with Gasteiger partial charge in [-0.05, 0) is 50.3 Å². The fraction of sp³-hybridized carbons (Fsp3) is 0.588. The Hall–Kier alpha value is -1.55. The maximum absolute atomic E-state index is 12.5. The van der Waals surface area contributed by atoms with Crippen molar-refractivity contribution < 1.29 is 14.6 Å². The number of amides is 1. The first-order valence-corrected chi connectivity index (χ1v) is 7.70. The lowest BCUT2D eigenvalue weighted by Gasteiger charge is -2.36. The first-order chi connectivity index (χ1) is 10.1. The third kappa shape index (κ3) is 4.46. The molecule has 1 fully saturated rings. The Kier molecular flexibility index (Phi) is 5.62. The number of ether oxygens (including phenoxy) is 1. The van der Waals surface area contributed by atoms with Crippen LogP contribution in [-0.4, -0.2) is 41.7 Å². The Labute approximate surface area is 126 Å². The third-order valence-electron chi connectivity index (χ3n) is 4.08. The summed E-state index contributed by atoms with van der Waals surface area (Å²) in [7, 11) is 1.63. The van der Waals surface area contributed by atoms with Gasteiger partial charge in [0.2, 0.25) is 5.91 Å². The molecule has 2 atom stereocenters. The van der Waals surface area contributed by atoms with Gasteiger partial charge >= 0.3 is 0 Å². The van der Waals surface area contributed by atoms with E-state index in [0.29, 0.717) is 12.8 Å². The Morgan fingerprint density at radius 3 is 2.71 bits per heavy atom. The molecule has 116 valence electrons. The summed E-state index contributed by atoms with van der Waals surface area (Å²) in [5.74, 6) is 0.960. The maximum atomic E-state index is 12.5. The van der Waals surface area contributed by atoms with Gasteiger partial charge in [0.05, 0.1) is 19.6 Å². The SMILES string of the molecule is COc1ccc(CC(=O)N2CCCCC2CC(C)O)cc1. The first kappa shape index (κ1) is 15.8. The van der Waals surface area contributed by atoms with Crippen molar-refractivity contribution in [2.75, 3.05) is 13.7 Å². The van der Waals surface area contributed by atoms with Crippen LogP contribution in [0.15, 0.2) is 24.3 Å². The number of benzene rings is 1. The Bertz CT molecular complexity index is 456. The molecule has 0 spiro atoms. The predicted octanol–water partition coefficient (Wildman–Crippen LogP) is 2.39. The van der Waals surface area contributed by atoms with Crippen LogP contribution in [0.25, 0.3) is 0 Å². The Balaban J connectivity index is 1.99. The molecule has 1 saturated heterocycles. The van der Waals surface area contributed by atoms with Gasteiger partial charge in [-0.15, -0.1) is 0 Å². The highest BCUT2D eigenvalue weighted by atomic mass is 16.5. The number of carbonyl (C=O) groups is 1. The van der Waals surface area contributed by atoms with Crippen molar-refractivity contribution in [3.63, 3.8) is 0 Å². The number of rotatable bonds is 5. The molecule has 2 unspecified atom stereocenters. The van der Waals surface area contributed by atoms with E-state index >= 15 is 0 Å². The molecule has 1 aromatic rings. The molecular formula is C17H25NO3. The fourth-order valence-electron chi connectivity index (χ4n) is 2.99. The van der Waals surface area contributed by atoms with Gasteiger partial charge in [-0.2, -0.15) is 0 Å². The molecule has 1 amide bonds. The van der Waals surface area contributed by atoms with Gasteiger partial charge < -0.3 is 14.7 Å². The molecule has 0 bridgehead atoms. The van der Waals surface area contributed by atoms with Crippen molar-refractivity contribution in [2.24, 2.45) is 0 Å². The van der Waals surface area contributed by atoms with Crippen LogP contribution >= 0.6 is 0 Å². The van der Waals surface area contributed by atoms with E-state index in [2.05, 4.69) is 0 Å². The summed E-state index contributed by atoms with van der Waals surface area (Å²) in [6.07, 6.45) is 3.94. The van der Waals surface area contributed by atoms with Crippen molar-refractivity contribution >= 4 is 5.91 Å². The minimum absolute atomic E-state index is 0.158. The average Bonchev–Trinajstić information content (AvgIpc) is 2.48. The number of aliphatic hydroxyl groups excluding tert-OH is 1. The third-order valence-corrected chi connectivity index (χ3v) is 4.08. The van der Waals surface area contributed by atoms with Gasteiger partial charge in [0.25, 0.3) is 0 Å². The largest absolute Gasteiger partial charge is 0.497 e. The zero-order valence-electron chi connectivity index (χ0n) is 12.9. The van der Waals surface area contributed by atoms with Crippen molar-refractivity contribution in [3.05, 3.63) is 29.8 Å². The summed E-state index contributed by atoms with van der Waals surface area (Å²) in [5.41, 5.74) is 1.00. The van der Waals surface area contributed by atoms with Crippen LogP contribution in [-0.2, 0) is 11.2 Å². The summed E-state index contributed by atoms with van der Waals surface area (Å²) < 4.78 is 5.13. The summed E-state index contributed by atoms with van der Waals surface area (Å²) in [6, 6.07) is 7.82. The maximum Gasteiger partial charge on any atom is 0.227 e. The van der Waals surface area contributed by atoms with E-state index in [1.165, 1.54) is 0 Å². The topological polar surface area (TPSA) is 49.8 Å². The molecule has 4 nitrogen and oxygen atoms in total. The van der Waals surface area contributed by atoms with Gasteiger partial charge in [0.1, 0.15) is 5.75 Å². The average molecular weight is 291 g/mol. The highest BCUT2D eigenvalue weighted by Gasteiger charge is 2.27. The standard InChI is InChI=1S/C17H25NO3/c1-13(19)11-15-5-3-4-10-18(15)17(20)12-14-6-8-16(21-2)9-7-14/h6-9,13,15,19H,3-5,10-12H2,1-2H3. The number of carbonyl (C=O) groups excluding carboxylic acids is 1. The highest BCUT2D eigenvalue weighted by molar-refractivity contribution is 5.79. The van der Waals surface area contributed by atoms with E-state index in [9.17, 15) is 9.90 Å². The summed E-state index contributed by atoms with van der Waals surface area (Å²) in [5, 5.41) is 9.60. The van der Waals surface area contributed by atoms with Crippen LogP contribution in [0.5, 0.6) is 5.75 Å². The number of hydrogen-bond acceptors (Lipinski definition) is 3. The van der Waals surface area contributed by atoms with E-state index in [0.717, 1.165) is 37.1 Å². The molecule has 0 aliphatic carbocycles. The lowest BCUT2D eigenvalue weighted by molar-refractivity contribution is -0.134. The minimum Gasteiger partial charge on any atom is -0.497 e. The van der Waals surface area contributed by atoms with Gasteiger partial charge in [-0.1, -0.05) is 12.1 Å². The Morgan fingerprint density at radius 1 is 1.38 bits per heavy atom. The second kappa shape index (κ2) is 7.46. The number of methoxy groups -OCH3 is 1. The smallest absolute Gasteiger partial charge is 0.227 e. The quantitative estimate of drug-likeness (QED) is 0.906. The van der Waals surface area contributed by atoms with Crippen molar-refractivity contribution in [3.8, 4) is 5.75 Å². The second-order valence-electron chi connectivity index (χ2n) is 5.85. The van der Waals surface area contributed by atoms with E-state index < -0.39 is 0 Å². The molecular weight excluding hydrogens is 266 g/mol. The van der Waals surface area contributed by atoms with Crippen LogP contribution in [0, 0.1) is 0 Å². The highest BCUT2D eigenvalue weighted by Crippen LogP contribution is 2.22. The minimum atomic E-state index is -0.357. The molecule has 1 aliphatic heterocycles. The fourth-order valence-corrected chi connectivity index (χ4v) is 2.99. The van der Waals surface area contributed by atoms with Crippen LogP contribution in [0.3, 0.4) is 0 Å². The Morgan fingerprint density at radius 2 is 2.10 bits per heavy atom. The van der Waals surface area contributed by atoms with Crippen LogP contribution in [0.4, 0.5) is 0 Å². The first-order valence-electron chi connectivity index (χ1n) is 7.70. The lowest BCUT2D eigenvalue weighted by Crippen LogP contribution is -2.45. The number of piperidine rings is 1. The number of nitrogens with zero attached hydrogens (tertiary/aromatic N) is 1. The normalized spacial score (nSPS) is 20.1. The zero-order chi connectivity index (χ0) is 15.2. The number of aliphatic hydroxyl groups is 1. The molecule has 1 heterocycles. The van der Waals surface area contributed by atoms with Crippen molar-refractivity contribution in [1.29, 1.82) is 0 Å². The molecule has 21 heavy (non-hydrogen) atoms. The van der Waals surface area contributed by atoms with E-state index in [4.69, 9.17) is 4.74 Å². The summed E-state index contributed by atoms with van der Waals surface area (Å²) >= 11 is 0. The monoisotopic (exact) mass is 291 g/mol. The molecule has 1 aromatic carbocycles. The van der Waals surface area contributed by atoms with E-state index in [-0.39, 0.29) is 18.1 Å².